The van der Waals surface area contributed by atoms with Gasteiger partial charge in [-0.15, -0.1) is 0 Å². The van der Waals surface area contributed by atoms with Crippen LogP contribution in [0.1, 0.15) is 12.0 Å². The molecule has 0 amide bonds. The topological polar surface area (TPSA) is 55.4 Å². The summed E-state index contributed by atoms with van der Waals surface area (Å²) >= 11 is 0. The van der Waals surface area contributed by atoms with Crippen molar-refractivity contribution in [3.8, 4) is 5.75 Å². The number of sulfone groups is 1. The number of rotatable bonds is 5. The number of benzene rings is 1. The second-order valence-corrected chi connectivity index (χ2v) is 6.94. The van der Waals surface area contributed by atoms with E-state index in [0.717, 1.165) is 5.75 Å². The quantitative estimate of drug-likeness (QED) is 0.815. The minimum Gasteiger partial charge on any atom is -0.492 e. The van der Waals surface area contributed by atoms with Crippen LogP contribution >= 0.6 is 0 Å². The van der Waals surface area contributed by atoms with Crippen LogP contribution in [-0.4, -0.2) is 39.1 Å². The Bertz CT molecular complexity index is 481. The van der Waals surface area contributed by atoms with E-state index in [1.165, 1.54) is 5.56 Å². The Morgan fingerprint density at radius 2 is 2.06 bits per heavy atom. The third-order valence-electron chi connectivity index (χ3n) is 3.06. The molecule has 1 aromatic carbocycles. The molecular weight excluding hydrogens is 250 g/mol. The van der Waals surface area contributed by atoms with E-state index < -0.39 is 9.84 Å². The van der Waals surface area contributed by atoms with Crippen molar-refractivity contribution in [1.82, 2.24) is 5.32 Å². The van der Waals surface area contributed by atoms with Crippen LogP contribution in [0.2, 0.25) is 0 Å². The van der Waals surface area contributed by atoms with Gasteiger partial charge in [0, 0.05) is 12.6 Å². The van der Waals surface area contributed by atoms with Crippen LogP contribution in [0.3, 0.4) is 0 Å². The fourth-order valence-electron chi connectivity index (χ4n) is 2.02. The number of aryl methyl sites for hydroxylation is 1. The lowest BCUT2D eigenvalue weighted by Gasteiger charge is -2.11. The van der Waals surface area contributed by atoms with Gasteiger partial charge in [-0.05, 0) is 25.5 Å². The molecule has 18 heavy (non-hydrogen) atoms. The molecule has 2 rings (SSSR count). The summed E-state index contributed by atoms with van der Waals surface area (Å²) in [6, 6.07) is 7.99. The van der Waals surface area contributed by atoms with Gasteiger partial charge in [0.1, 0.15) is 12.4 Å². The monoisotopic (exact) mass is 269 g/mol. The molecule has 1 aliphatic heterocycles. The molecule has 1 heterocycles. The van der Waals surface area contributed by atoms with E-state index in [4.69, 9.17) is 4.74 Å². The standard InChI is InChI=1S/C13H19NO3S/c1-11-2-4-13(5-3-11)17-8-7-14-12-6-9-18(15,16)10-12/h2-5,12,14H,6-10H2,1H3. The summed E-state index contributed by atoms with van der Waals surface area (Å²) < 4.78 is 28.1. The van der Waals surface area contributed by atoms with Crippen molar-refractivity contribution >= 4 is 9.84 Å². The summed E-state index contributed by atoms with van der Waals surface area (Å²) in [5.41, 5.74) is 1.21. The normalized spacial score (nSPS) is 21.9. The molecule has 0 aliphatic carbocycles. The van der Waals surface area contributed by atoms with Crippen LogP contribution in [0.5, 0.6) is 5.75 Å². The minimum atomic E-state index is -2.79. The van der Waals surface area contributed by atoms with Gasteiger partial charge in [0.05, 0.1) is 11.5 Å². The van der Waals surface area contributed by atoms with Crippen LogP contribution < -0.4 is 10.1 Å². The van der Waals surface area contributed by atoms with Crippen molar-refractivity contribution in [2.24, 2.45) is 0 Å². The maximum absolute atomic E-state index is 11.3. The lowest BCUT2D eigenvalue weighted by molar-refractivity contribution is 0.307. The van der Waals surface area contributed by atoms with E-state index in [0.29, 0.717) is 25.3 Å². The third-order valence-corrected chi connectivity index (χ3v) is 4.83. The van der Waals surface area contributed by atoms with E-state index in [1.54, 1.807) is 0 Å². The van der Waals surface area contributed by atoms with E-state index in [1.807, 2.05) is 31.2 Å². The van der Waals surface area contributed by atoms with Gasteiger partial charge in [0.2, 0.25) is 0 Å². The Labute approximate surface area is 108 Å². The summed E-state index contributed by atoms with van der Waals surface area (Å²) in [6.07, 6.45) is 0.715. The van der Waals surface area contributed by atoms with Crippen LogP contribution in [0.25, 0.3) is 0 Å². The summed E-state index contributed by atoms with van der Waals surface area (Å²) in [6.45, 7) is 3.26. The molecular formula is C13H19NO3S. The highest BCUT2D eigenvalue weighted by Crippen LogP contribution is 2.12. The fourth-order valence-corrected chi connectivity index (χ4v) is 3.73. The number of nitrogens with one attached hydrogen (secondary N) is 1. The average molecular weight is 269 g/mol. The van der Waals surface area contributed by atoms with Gasteiger partial charge >= 0.3 is 0 Å². The second kappa shape index (κ2) is 5.71. The molecule has 1 aliphatic rings. The van der Waals surface area contributed by atoms with Crippen LogP contribution in [0, 0.1) is 6.92 Å². The van der Waals surface area contributed by atoms with Gasteiger partial charge < -0.3 is 10.1 Å². The zero-order chi connectivity index (χ0) is 13.0. The summed E-state index contributed by atoms with van der Waals surface area (Å²) in [7, 11) is -2.79. The van der Waals surface area contributed by atoms with Crippen LogP contribution in [0.4, 0.5) is 0 Å². The summed E-state index contributed by atoms with van der Waals surface area (Å²) in [5.74, 6) is 1.42. The van der Waals surface area contributed by atoms with Gasteiger partial charge in [-0.1, -0.05) is 17.7 Å². The van der Waals surface area contributed by atoms with Crippen molar-refractivity contribution in [3.63, 3.8) is 0 Å². The van der Waals surface area contributed by atoms with E-state index >= 15 is 0 Å². The number of hydrogen-bond donors (Lipinski definition) is 1. The molecule has 1 N–H and O–H groups in total. The fraction of sp³-hybridized carbons (Fsp3) is 0.538. The SMILES string of the molecule is Cc1ccc(OCCNC2CCS(=O)(=O)C2)cc1. The van der Waals surface area contributed by atoms with Crippen LogP contribution in [0.15, 0.2) is 24.3 Å². The Balaban J connectivity index is 1.66. The zero-order valence-corrected chi connectivity index (χ0v) is 11.4. The summed E-state index contributed by atoms with van der Waals surface area (Å²) in [4.78, 5) is 0. The van der Waals surface area contributed by atoms with Crippen molar-refractivity contribution in [2.75, 3.05) is 24.7 Å². The molecule has 1 fully saturated rings. The maximum Gasteiger partial charge on any atom is 0.151 e. The number of hydrogen-bond acceptors (Lipinski definition) is 4. The van der Waals surface area contributed by atoms with Gasteiger partial charge in [0.25, 0.3) is 0 Å². The van der Waals surface area contributed by atoms with Gasteiger partial charge in [0.15, 0.2) is 9.84 Å². The van der Waals surface area contributed by atoms with Crippen molar-refractivity contribution in [3.05, 3.63) is 29.8 Å². The minimum absolute atomic E-state index is 0.0941. The highest BCUT2D eigenvalue weighted by Gasteiger charge is 2.26. The van der Waals surface area contributed by atoms with Crippen LogP contribution in [-0.2, 0) is 9.84 Å². The van der Waals surface area contributed by atoms with Gasteiger partial charge in [-0.2, -0.15) is 0 Å². The lowest BCUT2D eigenvalue weighted by Crippen LogP contribution is -2.33. The van der Waals surface area contributed by atoms with Crippen molar-refractivity contribution in [1.29, 1.82) is 0 Å². The van der Waals surface area contributed by atoms with E-state index in [9.17, 15) is 8.42 Å². The molecule has 0 bridgehead atoms. The van der Waals surface area contributed by atoms with Crippen molar-refractivity contribution in [2.45, 2.75) is 19.4 Å². The van der Waals surface area contributed by atoms with E-state index in [-0.39, 0.29) is 11.8 Å². The number of ether oxygens (including phenoxy) is 1. The average Bonchev–Trinajstić information content (AvgIpc) is 2.67. The molecule has 0 spiro atoms. The lowest BCUT2D eigenvalue weighted by atomic mass is 10.2. The zero-order valence-electron chi connectivity index (χ0n) is 10.6. The van der Waals surface area contributed by atoms with Gasteiger partial charge in [-0.3, -0.25) is 0 Å². The Morgan fingerprint density at radius 1 is 1.33 bits per heavy atom. The van der Waals surface area contributed by atoms with Gasteiger partial charge in [-0.25, -0.2) is 8.42 Å². The Hall–Kier alpha value is -1.07. The van der Waals surface area contributed by atoms with E-state index in [2.05, 4.69) is 5.32 Å². The molecule has 1 unspecified atom stereocenters. The van der Waals surface area contributed by atoms with Crippen molar-refractivity contribution < 1.29 is 13.2 Å². The molecule has 5 heteroatoms. The third kappa shape index (κ3) is 3.99. The Kier molecular flexibility index (Phi) is 4.24. The summed E-state index contributed by atoms with van der Waals surface area (Å²) in [5, 5.41) is 3.21. The Morgan fingerprint density at radius 3 is 2.67 bits per heavy atom. The first-order valence-electron chi connectivity index (χ1n) is 6.18. The molecule has 100 valence electrons. The molecule has 1 saturated heterocycles. The predicted molar refractivity (Wildman–Crippen MR) is 71.7 cm³/mol. The molecule has 1 aromatic rings. The molecule has 1 atom stereocenters. The first-order chi connectivity index (χ1) is 8.55. The molecule has 0 radical (unpaired) electrons. The highest BCUT2D eigenvalue weighted by atomic mass is 32.2. The first kappa shape index (κ1) is 13.4. The molecule has 0 saturated carbocycles. The second-order valence-electron chi connectivity index (χ2n) is 4.72. The largest absolute Gasteiger partial charge is 0.492 e. The first-order valence-corrected chi connectivity index (χ1v) is 8.00. The predicted octanol–water partition coefficient (Wildman–Crippen LogP) is 1.15. The molecule has 0 aromatic heterocycles. The smallest absolute Gasteiger partial charge is 0.151 e. The maximum atomic E-state index is 11.3. The highest BCUT2D eigenvalue weighted by molar-refractivity contribution is 7.91. The molecule has 4 nitrogen and oxygen atoms in total.